The molecule has 0 amide bonds. The third-order valence-electron chi connectivity index (χ3n) is 3.50. The summed E-state index contributed by atoms with van der Waals surface area (Å²) in [7, 11) is 2.18. The van der Waals surface area contributed by atoms with Gasteiger partial charge in [-0.05, 0) is 31.0 Å². The topological polar surface area (TPSA) is 15.3 Å². The minimum Gasteiger partial charge on any atom is -0.376 e. The molecule has 2 rings (SSSR count). The average molecular weight is 230 g/mol. The van der Waals surface area contributed by atoms with Gasteiger partial charge in [-0.15, -0.1) is 0 Å². The lowest BCUT2D eigenvalue weighted by molar-refractivity contribution is 0.229. The van der Waals surface area contributed by atoms with Gasteiger partial charge in [-0.25, -0.2) is 0 Å². The van der Waals surface area contributed by atoms with Crippen LogP contribution in [0, 0.1) is 5.92 Å². The highest BCUT2D eigenvalue weighted by Gasteiger charge is 2.28. The van der Waals surface area contributed by atoms with Gasteiger partial charge in [0.2, 0.25) is 0 Å². The van der Waals surface area contributed by atoms with Crippen LogP contribution in [0.15, 0.2) is 41.6 Å². The summed E-state index contributed by atoms with van der Waals surface area (Å²) in [4.78, 5) is 2.37. The molecule has 1 aromatic carbocycles. The molecule has 1 aromatic rings. The zero-order valence-electron chi connectivity index (χ0n) is 11.2. The maximum atomic E-state index is 3.47. The number of benzene rings is 1. The molecule has 0 aromatic heterocycles. The van der Waals surface area contributed by atoms with Gasteiger partial charge in [-0.1, -0.05) is 44.2 Å². The molecule has 1 N–H and O–H groups in total. The van der Waals surface area contributed by atoms with Crippen LogP contribution in [0.5, 0.6) is 0 Å². The summed E-state index contributed by atoms with van der Waals surface area (Å²) >= 11 is 0. The van der Waals surface area contributed by atoms with Crippen molar-refractivity contribution in [3.63, 3.8) is 0 Å². The first-order valence-corrected chi connectivity index (χ1v) is 6.31. The SMILES string of the molecule is CC1=C(C(C)C)C(c2ccccc2)N(C)CN1. The first kappa shape index (κ1) is 12.2. The van der Waals surface area contributed by atoms with E-state index in [0.717, 1.165) is 6.67 Å². The summed E-state index contributed by atoms with van der Waals surface area (Å²) in [6.07, 6.45) is 0. The second-order valence-electron chi connectivity index (χ2n) is 5.14. The Morgan fingerprint density at radius 1 is 1.24 bits per heavy atom. The summed E-state index contributed by atoms with van der Waals surface area (Å²) in [5.74, 6) is 0.565. The highest BCUT2D eigenvalue weighted by atomic mass is 15.2. The smallest absolute Gasteiger partial charge is 0.0680 e. The molecule has 1 heterocycles. The zero-order chi connectivity index (χ0) is 12.4. The van der Waals surface area contributed by atoms with E-state index in [-0.39, 0.29) is 0 Å². The maximum absolute atomic E-state index is 3.47. The van der Waals surface area contributed by atoms with E-state index in [1.54, 1.807) is 0 Å². The molecule has 2 heteroatoms. The molecule has 0 bridgehead atoms. The molecule has 0 saturated heterocycles. The van der Waals surface area contributed by atoms with Gasteiger partial charge in [0.05, 0.1) is 12.7 Å². The summed E-state index contributed by atoms with van der Waals surface area (Å²) in [6.45, 7) is 7.66. The standard InChI is InChI=1S/C15H22N2/c1-11(2)14-12(3)16-10-17(4)15(14)13-8-6-5-7-9-13/h5-9,11,15-16H,10H2,1-4H3. The van der Waals surface area contributed by atoms with Gasteiger partial charge in [-0.2, -0.15) is 0 Å². The highest BCUT2D eigenvalue weighted by molar-refractivity contribution is 5.32. The van der Waals surface area contributed by atoms with Crippen LogP contribution >= 0.6 is 0 Å². The molecule has 1 aliphatic heterocycles. The van der Waals surface area contributed by atoms with E-state index >= 15 is 0 Å². The molecule has 2 nitrogen and oxygen atoms in total. The molecule has 0 saturated carbocycles. The Hall–Kier alpha value is -1.28. The number of rotatable bonds is 2. The Bertz CT molecular complexity index is 406. The van der Waals surface area contributed by atoms with E-state index < -0.39 is 0 Å². The van der Waals surface area contributed by atoms with Crippen LogP contribution in [0.25, 0.3) is 0 Å². The minimum absolute atomic E-state index is 0.414. The molecular formula is C15H22N2. The largest absolute Gasteiger partial charge is 0.376 e. The second-order valence-corrected chi connectivity index (χ2v) is 5.14. The van der Waals surface area contributed by atoms with Crippen molar-refractivity contribution < 1.29 is 0 Å². The molecule has 0 spiro atoms. The molecule has 1 unspecified atom stereocenters. The van der Waals surface area contributed by atoms with E-state index in [2.05, 4.69) is 68.4 Å². The number of hydrogen-bond donors (Lipinski definition) is 1. The Morgan fingerprint density at radius 2 is 1.88 bits per heavy atom. The van der Waals surface area contributed by atoms with Crippen molar-refractivity contribution in [3.8, 4) is 0 Å². The van der Waals surface area contributed by atoms with E-state index in [4.69, 9.17) is 0 Å². The molecule has 1 atom stereocenters. The van der Waals surface area contributed by atoms with Crippen molar-refractivity contribution in [1.82, 2.24) is 10.2 Å². The van der Waals surface area contributed by atoms with Crippen LogP contribution in [-0.2, 0) is 0 Å². The van der Waals surface area contributed by atoms with Crippen molar-refractivity contribution in [2.24, 2.45) is 5.92 Å². The summed E-state index contributed by atoms with van der Waals surface area (Å²) in [5, 5.41) is 3.47. The first-order valence-electron chi connectivity index (χ1n) is 6.31. The van der Waals surface area contributed by atoms with Crippen LogP contribution in [0.4, 0.5) is 0 Å². The lowest BCUT2D eigenvalue weighted by atomic mass is 9.87. The van der Waals surface area contributed by atoms with Crippen LogP contribution in [-0.4, -0.2) is 18.6 Å². The maximum Gasteiger partial charge on any atom is 0.0680 e. The highest BCUT2D eigenvalue weighted by Crippen LogP contribution is 2.35. The van der Waals surface area contributed by atoms with Gasteiger partial charge in [0.25, 0.3) is 0 Å². The van der Waals surface area contributed by atoms with Gasteiger partial charge >= 0.3 is 0 Å². The zero-order valence-corrected chi connectivity index (χ0v) is 11.2. The number of allylic oxidation sites excluding steroid dienone is 1. The molecule has 0 fully saturated rings. The van der Waals surface area contributed by atoms with E-state index in [9.17, 15) is 0 Å². The molecule has 17 heavy (non-hydrogen) atoms. The summed E-state index contributed by atoms with van der Waals surface area (Å²) in [6, 6.07) is 11.2. The van der Waals surface area contributed by atoms with E-state index in [0.29, 0.717) is 12.0 Å². The first-order chi connectivity index (χ1) is 8.11. The monoisotopic (exact) mass is 230 g/mol. The van der Waals surface area contributed by atoms with Crippen molar-refractivity contribution in [3.05, 3.63) is 47.2 Å². The van der Waals surface area contributed by atoms with Crippen molar-refractivity contribution in [2.75, 3.05) is 13.7 Å². The molecule has 0 radical (unpaired) electrons. The van der Waals surface area contributed by atoms with Crippen LogP contribution in [0.3, 0.4) is 0 Å². The van der Waals surface area contributed by atoms with Crippen molar-refractivity contribution in [1.29, 1.82) is 0 Å². The third-order valence-corrected chi connectivity index (χ3v) is 3.50. The molecule has 92 valence electrons. The Kier molecular flexibility index (Phi) is 3.53. The predicted octanol–water partition coefficient (Wildman–Crippen LogP) is 3.15. The Morgan fingerprint density at radius 3 is 2.47 bits per heavy atom. The normalized spacial score (nSPS) is 21.8. The molecular weight excluding hydrogens is 208 g/mol. The fourth-order valence-electron chi connectivity index (χ4n) is 2.70. The number of nitrogens with one attached hydrogen (secondary N) is 1. The van der Waals surface area contributed by atoms with Gasteiger partial charge in [-0.3, -0.25) is 4.90 Å². The molecule has 0 aliphatic carbocycles. The quantitative estimate of drug-likeness (QED) is 0.839. The lowest BCUT2D eigenvalue weighted by Gasteiger charge is -2.38. The van der Waals surface area contributed by atoms with Crippen molar-refractivity contribution in [2.45, 2.75) is 26.8 Å². The van der Waals surface area contributed by atoms with Gasteiger partial charge in [0.15, 0.2) is 0 Å². The lowest BCUT2D eigenvalue weighted by Crippen LogP contribution is -2.41. The van der Waals surface area contributed by atoms with Crippen LogP contribution in [0.2, 0.25) is 0 Å². The van der Waals surface area contributed by atoms with E-state index in [1.807, 2.05) is 0 Å². The van der Waals surface area contributed by atoms with Gasteiger partial charge in [0, 0.05) is 5.70 Å². The van der Waals surface area contributed by atoms with Crippen molar-refractivity contribution >= 4 is 0 Å². The average Bonchev–Trinajstić information content (AvgIpc) is 2.32. The Balaban J connectivity index is 2.44. The fraction of sp³-hybridized carbons (Fsp3) is 0.467. The number of hydrogen-bond acceptors (Lipinski definition) is 2. The summed E-state index contributed by atoms with van der Waals surface area (Å²) < 4.78 is 0. The number of likely N-dealkylation sites (N-methyl/N-ethyl adjacent to an activating group) is 1. The number of nitrogens with zero attached hydrogens (tertiary/aromatic N) is 1. The third kappa shape index (κ3) is 2.37. The summed E-state index contributed by atoms with van der Waals surface area (Å²) in [5.41, 5.74) is 4.23. The van der Waals surface area contributed by atoms with E-state index in [1.165, 1.54) is 16.8 Å². The minimum atomic E-state index is 0.414. The second kappa shape index (κ2) is 4.92. The van der Waals surface area contributed by atoms with Crippen LogP contribution < -0.4 is 5.32 Å². The van der Waals surface area contributed by atoms with Crippen LogP contribution in [0.1, 0.15) is 32.4 Å². The predicted molar refractivity (Wildman–Crippen MR) is 72.5 cm³/mol. The molecule has 1 aliphatic rings. The van der Waals surface area contributed by atoms with Gasteiger partial charge in [0.1, 0.15) is 0 Å². The fourth-order valence-corrected chi connectivity index (χ4v) is 2.70. The Labute approximate surface area is 104 Å². The van der Waals surface area contributed by atoms with Gasteiger partial charge < -0.3 is 5.32 Å².